The Balaban J connectivity index is 3.18. The van der Waals surface area contributed by atoms with Gasteiger partial charge < -0.3 is 9.47 Å². The van der Waals surface area contributed by atoms with E-state index in [1.807, 2.05) is 0 Å². The fourth-order valence-corrected chi connectivity index (χ4v) is 1.77. The van der Waals surface area contributed by atoms with Crippen LogP contribution in [-0.4, -0.2) is 23.9 Å². The van der Waals surface area contributed by atoms with Gasteiger partial charge in [0.2, 0.25) is 5.88 Å². The molecule has 0 fully saturated rings. The molecule has 0 amide bonds. The molecule has 1 rings (SSSR count). The van der Waals surface area contributed by atoms with Crippen LogP contribution in [0.3, 0.4) is 0 Å². The van der Waals surface area contributed by atoms with Gasteiger partial charge in [-0.1, -0.05) is 0 Å². The van der Waals surface area contributed by atoms with Crippen LogP contribution in [0, 0.1) is 10.5 Å². The number of rotatable bonds is 3. The standard InChI is InChI=1S/C10H9F3INO3/c1-3-17-9(16)6-4-5(2)15-8(7(6)14)18-10(11,12)13/h4H,3H2,1-2H3. The minimum atomic E-state index is -4.85. The Morgan fingerprint density at radius 1 is 1.50 bits per heavy atom. The predicted octanol–water partition coefficient (Wildman–Crippen LogP) is 3.07. The Hall–Kier alpha value is -1.06. The van der Waals surface area contributed by atoms with E-state index in [2.05, 4.69) is 9.72 Å². The molecule has 0 aromatic carbocycles. The second-order valence-corrected chi connectivity index (χ2v) is 4.28. The summed E-state index contributed by atoms with van der Waals surface area (Å²) in [7, 11) is 0. The molecule has 1 aromatic heterocycles. The van der Waals surface area contributed by atoms with E-state index >= 15 is 0 Å². The number of aromatic nitrogens is 1. The van der Waals surface area contributed by atoms with E-state index in [4.69, 9.17) is 4.74 Å². The molecule has 0 saturated heterocycles. The maximum Gasteiger partial charge on any atom is 0.574 e. The van der Waals surface area contributed by atoms with Crippen molar-refractivity contribution in [3.05, 3.63) is 20.9 Å². The van der Waals surface area contributed by atoms with Crippen LogP contribution in [0.1, 0.15) is 23.0 Å². The van der Waals surface area contributed by atoms with Gasteiger partial charge in [-0.25, -0.2) is 9.78 Å². The van der Waals surface area contributed by atoms with Crippen LogP contribution in [0.15, 0.2) is 6.07 Å². The molecule has 1 heterocycles. The van der Waals surface area contributed by atoms with Gasteiger partial charge in [0.25, 0.3) is 0 Å². The van der Waals surface area contributed by atoms with Crippen molar-refractivity contribution in [3.8, 4) is 5.88 Å². The van der Waals surface area contributed by atoms with Crippen LogP contribution in [0.4, 0.5) is 13.2 Å². The summed E-state index contributed by atoms with van der Waals surface area (Å²) in [6, 6.07) is 1.35. The van der Waals surface area contributed by atoms with Crippen LogP contribution in [0.25, 0.3) is 0 Å². The summed E-state index contributed by atoms with van der Waals surface area (Å²) in [6.45, 7) is 3.19. The average molecular weight is 375 g/mol. The lowest BCUT2D eigenvalue weighted by atomic mass is 10.2. The van der Waals surface area contributed by atoms with Gasteiger partial charge in [0.15, 0.2) is 0 Å². The summed E-state index contributed by atoms with van der Waals surface area (Å²) in [4.78, 5) is 15.1. The number of hydrogen-bond donors (Lipinski definition) is 0. The van der Waals surface area contributed by atoms with E-state index in [1.165, 1.54) is 13.0 Å². The predicted molar refractivity (Wildman–Crippen MR) is 64.3 cm³/mol. The summed E-state index contributed by atoms with van der Waals surface area (Å²) < 4.78 is 44.9. The lowest BCUT2D eigenvalue weighted by Crippen LogP contribution is -2.20. The van der Waals surface area contributed by atoms with Crippen molar-refractivity contribution in [2.24, 2.45) is 0 Å². The number of esters is 1. The molecule has 4 nitrogen and oxygen atoms in total. The second kappa shape index (κ2) is 5.72. The van der Waals surface area contributed by atoms with Gasteiger partial charge >= 0.3 is 12.3 Å². The van der Waals surface area contributed by atoms with Crippen LogP contribution in [-0.2, 0) is 4.74 Å². The molecule has 0 aliphatic heterocycles. The van der Waals surface area contributed by atoms with E-state index in [1.54, 1.807) is 29.5 Å². The fraction of sp³-hybridized carbons (Fsp3) is 0.400. The Kier molecular flexibility index (Phi) is 4.77. The highest BCUT2D eigenvalue weighted by Crippen LogP contribution is 2.29. The highest BCUT2D eigenvalue weighted by Gasteiger charge is 2.33. The highest BCUT2D eigenvalue weighted by molar-refractivity contribution is 14.1. The summed E-state index contributed by atoms with van der Waals surface area (Å²) >= 11 is 1.56. The number of alkyl halides is 3. The number of hydrogen-bond acceptors (Lipinski definition) is 4. The van der Waals surface area contributed by atoms with Gasteiger partial charge in [0, 0.05) is 5.69 Å². The van der Waals surface area contributed by atoms with Crippen LogP contribution >= 0.6 is 22.6 Å². The number of ether oxygens (including phenoxy) is 2. The molecule has 0 atom stereocenters. The van der Waals surface area contributed by atoms with E-state index in [-0.39, 0.29) is 21.4 Å². The molecule has 0 N–H and O–H groups in total. The second-order valence-electron chi connectivity index (χ2n) is 3.20. The monoisotopic (exact) mass is 375 g/mol. The van der Waals surface area contributed by atoms with Gasteiger partial charge in [-0.15, -0.1) is 13.2 Å². The Morgan fingerprint density at radius 3 is 2.61 bits per heavy atom. The quantitative estimate of drug-likeness (QED) is 0.602. The van der Waals surface area contributed by atoms with Crippen molar-refractivity contribution in [3.63, 3.8) is 0 Å². The molecule has 0 aliphatic carbocycles. The maximum absolute atomic E-state index is 12.2. The maximum atomic E-state index is 12.2. The smallest absolute Gasteiger partial charge is 0.462 e. The molecule has 0 radical (unpaired) electrons. The summed E-state index contributed by atoms with van der Waals surface area (Å²) in [5.41, 5.74) is 0.238. The summed E-state index contributed by atoms with van der Waals surface area (Å²) in [5, 5.41) is 0. The third-order valence-corrected chi connectivity index (χ3v) is 2.81. The zero-order valence-electron chi connectivity index (χ0n) is 9.47. The number of carbonyl (C=O) groups excluding carboxylic acids is 1. The normalized spacial score (nSPS) is 11.2. The fourth-order valence-electron chi connectivity index (χ4n) is 1.16. The number of halogens is 4. The summed E-state index contributed by atoms with van der Waals surface area (Å²) in [6.07, 6.45) is -4.85. The molecule has 0 aliphatic rings. The molecule has 0 bridgehead atoms. The largest absolute Gasteiger partial charge is 0.574 e. The van der Waals surface area contributed by atoms with E-state index < -0.39 is 18.2 Å². The molecule has 0 saturated carbocycles. The van der Waals surface area contributed by atoms with Crippen molar-refractivity contribution < 1.29 is 27.4 Å². The van der Waals surface area contributed by atoms with Crippen molar-refractivity contribution >= 4 is 28.6 Å². The molecule has 100 valence electrons. The third-order valence-electron chi connectivity index (χ3n) is 1.76. The molecule has 8 heteroatoms. The van der Waals surface area contributed by atoms with Crippen LogP contribution < -0.4 is 4.74 Å². The first-order chi connectivity index (χ1) is 8.24. The van der Waals surface area contributed by atoms with Crippen LogP contribution in [0.2, 0.25) is 0 Å². The van der Waals surface area contributed by atoms with Crippen molar-refractivity contribution in [1.29, 1.82) is 0 Å². The topological polar surface area (TPSA) is 48.4 Å². The first-order valence-corrected chi connectivity index (χ1v) is 5.92. The number of carbonyl (C=O) groups is 1. The van der Waals surface area contributed by atoms with E-state index in [9.17, 15) is 18.0 Å². The van der Waals surface area contributed by atoms with Gasteiger partial charge in [-0.05, 0) is 42.5 Å². The SMILES string of the molecule is CCOC(=O)c1cc(C)nc(OC(F)(F)F)c1I. The van der Waals surface area contributed by atoms with E-state index in [0.717, 1.165) is 0 Å². The zero-order chi connectivity index (χ0) is 13.9. The molecule has 0 spiro atoms. The Labute approximate surface area is 115 Å². The van der Waals surface area contributed by atoms with E-state index in [0.29, 0.717) is 0 Å². The molecular weight excluding hydrogens is 366 g/mol. The first kappa shape index (κ1) is 15.0. The average Bonchev–Trinajstić information content (AvgIpc) is 2.21. The van der Waals surface area contributed by atoms with Crippen molar-refractivity contribution in [1.82, 2.24) is 4.98 Å². The zero-order valence-corrected chi connectivity index (χ0v) is 11.6. The van der Waals surface area contributed by atoms with Crippen molar-refractivity contribution in [2.45, 2.75) is 20.2 Å². The van der Waals surface area contributed by atoms with Crippen LogP contribution in [0.5, 0.6) is 5.88 Å². The third kappa shape index (κ3) is 4.00. The van der Waals surface area contributed by atoms with Crippen molar-refractivity contribution in [2.75, 3.05) is 6.61 Å². The van der Waals surface area contributed by atoms with Gasteiger partial charge in [-0.2, -0.15) is 0 Å². The molecular formula is C10H9F3INO3. The van der Waals surface area contributed by atoms with Gasteiger partial charge in [0.05, 0.1) is 15.7 Å². The minimum absolute atomic E-state index is 0.00389. The van der Waals surface area contributed by atoms with Gasteiger partial charge in [-0.3, -0.25) is 0 Å². The molecule has 1 aromatic rings. The lowest BCUT2D eigenvalue weighted by Gasteiger charge is -2.12. The molecule has 0 unspecified atom stereocenters. The Morgan fingerprint density at radius 2 is 2.11 bits per heavy atom. The Bertz CT molecular complexity index is 462. The first-order valence-electron chi connectivity index (χ1n) is 4.84. The summed E-state index contributed by atoms with van der Waals surface area (Å²) in [5.74, 6) is -1.36. The number of aryl methyl sites for hydroxylation is 1. The number of pyridine rings is 1. The minimum Gasteiger partial charge on any atom is -0.462 e. The lowest BCUT2D eigenvalue weighted by molar-refractivity contribution is -0.276. The highest BCUT2D eigenvalue weighted by atomic mass is 127. The molecule has 18 heavy (non-hydrogen) atoms. The number of nitrogens with zero attached hydrogens (tertiary/aromatic N) is 1. The van der Waals surface area contributed by atoms with Gasteiger partial charge in [0.1, 0.15) is 0 Å².